The van der Waals surface area contributed by atoms with Gasteiger partial charge in [0.15, 0.2) is 0 Å². The first-order valence-corrected chi connectivity index (χ1v) is 10.8. The van der Waals surface area contributed by atoms with Crippen molar-refractivity contribution >= 4 is 10.9 Å². The summed E-state index contributed by atoms with van der Waals surface area (Å²) in [5, 5.41) is 19.7. The number of para-hydroxylation sites is 1. The van der Waals surface area contributed by atoms with Crippen molar-refractivity contribution in [1.82, 2.24) is 19.8 Å². The van der Waals surface area contributed by atoms with E-state index in [1.165, 1.54) is 0 Å². The summed E-state index contributed by atoms with van der Waals surface area (Å²) < 4.78 is 5.68. The maximum Gasteiger partial charge on any atom is 0.258 e. The van der Waals surface area contributed by atoms with Crippen LogP contribution in [0.1, 0.15) is 11.4 Å². The van der Waals surface area contributed by atoms with Crippen LogP contribution in [-0.2, 0) is 13.0 Å². The van der Waals surface area contributed by atoms with E-state index in [-0.39, 0.29) is 12.2 Å². The molecule has 1 atom stereocenters. The minimum Gasteiger partial charge on any atom is -0.491 e. The topological polar surface area (TPSA) is 105 Å². The summed E-state index contributed by atoms with van der Waals surface area (Å²) >= 11 is 0. The third-order valence-corrected chi connectivity index (χ3v) is 5.62. The summed E-state index contributed by atoms with van der Waals surface area (Å²) in [6, 6.07) is 16.8. The van der Waals surface area contributed by atoms with Crippen LogP contribution < -0.4 is 10.3 Å². The number of piperazine rings is 1. The van der Waals surface area contributed by atoms with Gasteiger partial charge in [-0.2, -0.15) is 5.26 Å². The van der Waals surface area contributed by atoms with Crippen molar-refractivity contribution in [3.63, 3.8) is 0 Å². The van der Waals surface area contributed by atoms with E-state index in [0.29, 0.717) is 42.0 Å². The number of aromatic nitrogens is 2. The summed E-state index contributed by atoms with van der Waals surface area (Å²) in [7, 11) is 0. The summed E-state index contributed by atoms with van der Waals surface area (Å²) in [4.78, 5) is 24.2. The lowest BCUT2D eigenvalue weighted by atomic mass is 10.2. The molecule has 2 heterocycles. The third kappa shape index (κ3) is 5.71. The first-order valence-electron chi connectivity index (χ1n) is 10.8. The maximum absolute atomic E-state index is 12.2. The SMILES string of the molecule is N#CCc1ccc(OCC(O)CN2CCN(Cc3nc4ccccc4c(=O)[nH]3)CC2)cc1. The molecular weight excluding hydrogens is 406 g/mol. The minimum absolute atomic E-state index is 0.105. The average Bonchev–Trinajstić information content (AvgIpc) is 2.80. The molecule has 1 aliphatic rings. The Bertz CT molecular complexity index is 1130. The Hall–Kier alpha value is -3.25. The lowest BCUT2D eigenvalue weighted by Gasteiger charge is -2.35. The van der Waals surface area contributed by atoms with Crippen molar-refractivity contribution in [1.29, 1.82) is 5.26 Å². The molecular formula is C24H27N5O3. The zero-order chi connectivity index (χ0) is 22.3. The van der Waals surface area contributed by atoms with E-state index in [9.17, 15) is 9.90 Å². The third-order valence-electron chi connectivity index (χ3n) is 5.62. The molecule has 8 heteroatoms. The number of nitrogens with one attached hydrogen (secondary N) is 1. The van der Waals surface area contributed by atoms with Crippen LogP contribution in [0.25, 0.3) is 10.9 Å². The molecule has 0 saturated carbocycles. The molecule has 32 heavy (non-hydrogen) atoms. The van der Waals surface area contributed by atoms with Gasteiger partial charge in [0, 0.05) is 32.7 Å². The van der Waals surface area contributed by atoms with E-state index in [1.54, 1.807) is 6.07 Å². The van der Waals surface area contributed by atoms with E-state index < -0.39 is 6.10 Å². The molecule has 8 nitrogen and oxygen atoms in total. The first kappa shape index (κ1) is 22.0. The molecule has 1 saturated heterocycles. The first-order chi connectivity index (χ1) is 15.6. The fourth-order valence-electron chi connectivity index (χ4n) is 3.89. The van der Waals surface area contributed by atoms with Crippen molar-refractivity contribution in [2.45, 2.75) is 19.1 Å². The second-order valence-electron chi connectivity index (χ2n) is 8.05. The van der Waals surface area contributed by atoms with Crippen molar-refractivity contribution in [2.75, 3.05) is 39.3 Å². The van der Waals surface area contributed by atoms with Crippen LogP contribution in [0.15, 0.2) is 53.3 Å². The van der Waals surface area contributed by atoms with E-state index in [4.69, 9.17) is 10.00 Å². The fraction of sp³-hybridized carbons (Fsp3) is 0.375. The van der Waals surface area contributed by atoms with Crippen LogP contribution >= 0.6 is 0 Å². The van der Waals surface area contributed by atoms with Gasteiger partial charge in [-0.15, -0.1) is 0 Å². The monoisotopic (exact) mass is 433 g/mol. The highest BCUT2D eigenvalue weighted by molar-refractivity contribution is 5.77. The Morgan fingerprint density at radius 2 is 1.81 bits per heavy atom. The summed E-state index contributed by atoms with van der Waals surface area (Å²) in [5.74, 6) is 1.36. The van der Waals surface area contributed by atoms with Crippen molar-refractivity contribution in [3.8, 4) is 11.8 Å². The van der Waals surface area contributed by atoms with Crippen LogP contribution in [0.3, 0.4) is 0 Å². The number of rotatable bonds is 8. The summed E-state index contributed by atoms with van der Waals surface area (Å²) in [6.07, 6.45) is -0.208. The highest BCUT2D eigenvalue weighted by Gasteiger charge is 2.20. The number of fused-ring (bicyclic) bond motifs is 1. The normalized spacial score (nSPS) is 16.0. The van der Waals surface area contributed by atoms with Crippen LogP contribution in [-0.4, -0.2) is 70.3 Å². The molecule has 2 aromatic carbocycles. The molecule has 1 unspecified atom stereocenters. The van der Waals surface area contributed by atoms with E-state index >= 15 is 0 Å². The number of aliphatic hydroxyl groups is 1. The van der Waals surface area contributed by atoms with Crippen molar-refractivity contribution in [3.05, 3.63) is 70.3 Å². The molecule has 0 radical (unpaired) electrons. The number of nitriles is 1. The summed E-state index contributed by atoms with van der Waals surface area (Å²) in [5.41, 5.74) is 1.56. The van der Waals surface area contributed by atoms with Gasteiger partial charge < -0.3 is 14.8 Å². The Kier molecular flexibility index (Phi) is 7.12. The number of benzene rings is 2. The number of aromatic amines is 1. The summed E-state index contributed by atoms with van der Waals surface area (Å²) in [6.45, 7) is 4.71. The van der Waals surface area contributed by atoms with Gasteiger partial charge in [-0.05, 0) is 29.8 Å². The van der Waals surface area contributed by atoms with Gasteiger partial charge in [0.1, 0.15) is 24.3 Å². The number of nitrogens with zero attached hydrogens (tertiary/aromatic N) is 4. The molecule has 0 spiro atoms. The molecule has 166 valence electrons. The molecule has 0 amide bonds. The zero-order valence-corrected chi connectivity index (χ0v) is 17.9. The van der Waals surface area contributed by atoms with E-state index in [0.717, 1.165) is 31.7 Å². The number of aliphatic hydroxyl groups excluding tert-OH is 1. The van der Waals surface area contributed by atoms with Crippen LogP contribution in [0.5, 0.6) is 5.75 Å². The lowest BCUT2D eigenvalue weighted by molar-refractivity contribution is 0.0441. The van der Waals surface area contributed by atoms with E-state index in [2.05, 4.69) is 25.8 Å². The second kappa shape index (κ2) is 10.4. The van der Waals surface area contributed by atoms with Gasteiger partial charge in [-0.3, -0.25) is 14.6 Å². The molecule has 3 aromatic rings. The molecule has 0 bridgehead atoms. The van der Waals surface area contributed by atoms with E-state index in [1.807, 2.05) is 42.5 Å². The Morgan fingerprint density at radius 3 is 2.56 bits per heavy atom. The molecule has 0 aliphatic carbocycles. The largest absolute Gasteiger partial charge is 0.491 e. The van der Waals surface area contributed by atoms with Crippen LogP contribution in [0.2, 0.25) is 0 Å². The number of β-amino-alcohol motifs (C(OH)–C–C–N with tert-alkyl or cyclic N) is 1. The van der Waals surface area contributed by atoms with Crippen LogP contribution in [0.4, 0.5) is 0 Å². The van der Waals surface area contributed by atoms with Gasteiger partial charge >= 0.3 is 0 Å². The fourth-order valence-corrected chi connectivity index (χ4v) is 3.89. The predicted molar refractivity (Wildman–Crippen MR) is 121 cm³/mol. The minimum atomic E-state index is -0.584. The van der Waals surface area contributed by atoms with Crippen molar-refractivity contribution < 1.29 is 9.84 Å². The zero-order valence-electron chi connectivity index (χ0n) is 17.9. The average molecular weight is 434 g/mol. The Morgan fingerprint density at radius 1 is 1.09 bits per heavy atom. The predicted octanol–water partition coefficient (Wildman–Crippen LogP) is 1.55. The molecule has 1 aliphatic heterocycles. The Labute approximate surface area is 186 Å². The number of hydrogen-bond donors (Lipinski definition) is 2. The molecule has 4 rings (SSSR count). The van der Waals surface area contributed by atoms with Gasteiger partial charge in [0.2, 0.25) is 0 Å². The molecule has 2 N–H and O–H groups in total. The van der Waals surface area contributed by atoms with Crippen molar-refractivity contribution in [2.24, 2.45) is 0 Å². The quantitative estimate of drug-likeness (QED) is 0.555. The molecule has 1 aromatic heterocycles. The van der Waals surface area contributed by atoms with Crippen LogP contribution in [0, 0.1) is 11.3 Å². The van der Waals surface area contributed by atoms with Gasteiger partial charge in [0.25, 0.3) is 5.56 Å². The standard InChI is InChI=1S/C24H27N5O3/c25-10-9-18-5-7-20(8-6-18)32-17-19(30)15-28-11-13-29(14-12-28)16-23-26-22-4-2-1-3-21(22)24(31)27-23/h1-8,19,30H,9,11-17H2,(H,26,27,31). The lowest BCUT2D eigenvalue weighted by Crippen LogP contribution is -2.49. The number of H-pyrrole nitrogens is 1. The Balaban J connectivity index is 1.21. The second-order valence-corrected chi connectivity index (χ2v) is 8.05. The maximum atomic E-state index is 12.2. The number of ether oxygens (including phenoxy) is 1. The highest BCUT2D eigenvalue weighted by atomic mass is 16.5. The highest BCUT2D eigenvalue weighted by Crippen LogP contribution is 2.13. The molecule has 1 fully saturated rings. The number of hydrogen-bond acceptors (Lipinski definition) is 7. The van der Waals surface area contributed by atoms with Gasteiger partial charge in [-0.1, -0.05) is 24.3 Å². The van der Waals surface area contributed by atoms with Gasteiger partial charge in [-0.25, -0.2) is 4.98 Å². The smallest absolute Gasteiger partial charge is 0.258 e. The van der Waals surface area contributed by atoms with Gasteiger partial charge in [0.05, 0.1) is 29.9 Å².